The van der Waals surface area contributed by atoms with E-state index in [0.29, 0.717) is 10.6 Å². The molecule has 0 spiro atoms. The topological polar surface area (TPSA) is 36.4 Å². The van der Waals surface area contributed by atoms with Crippen LogP contribution in [0, 0.1) is 0 Å². The zero-order chi connectivity index (χ0) is 13.9. The smallest absolute Gasteiger partial charge is 0.255 e. The summed E-state index contributed by atoms with van der Waals surface area (Å²) in [4.78, 5) is 20.8. The van der Waals surface area contributed by atoms with E-state index >= 15 is 0 Å². The van der Waals surface area contributed by atoms with Crippen molar-refractivity contribution in [2.75, 3.05) is 26.2 Å². The van der Waals surface area contributed by atoms with Crippen LogP contribution in [0.4, 0.5) is 0 Å². The van der Waals surface area contributed by atoms with Gasteiger partial charge in [-0.15, -0.1) is 0 Å². The molecular weight excluding hydrogens is 274 g/mol. The van der Waals surface area contributed by atoms with Gasteiger partial charge in [-0.1, -0.05) is 24.4 Å². The van der Waals surface area contributed by atoms with E-state index in [2.05, 4.69) is 9.88 Å². The number of aromatic nitrogens is 1. The lowest BCUT2D eigenvalue weighted by Gasteiger charge is -2.38. The van der Waals surface area contributed by atoms with Gasteiger partial charge in [-0.3, -0.25) is 14.7 Å². The maximum Gasteiger partial charge on any atom is 0.255 e. The number of pyridine rings is 1. The van der Waals surface area contributed by atoms with Crippen molar-refractivity contribution in [3.63, 3.8) is 0 Å². The summed E-state index contributed by atoms with van der Waals surface area (Å²) in [7, 11) is 0. The average Bonchev–Trinajstić information content (AvgIpc) is 3.01. The molecule has 0 bridgehead atoms. The Morgan fingerprint density at radius 2 is 1.90 bits per heavy atom. The predicted molar refractivity (Wildman–Crippen MR) is 79.0 cm³/mol. The van der Waals surface area contributed by atoms with Crippen LogP contribution < -0.4 is 0 Å². The molecule has 4 nitrogen and oxygen atoms in total. The van der Waals surface area contributed by atoms with E-state index in [1.165, 1.54) is 31.9 Å². The van der Waals surface area contributed by atoms with E-state index < -0.39 is 0 Å². The molecule has 0 atom stereocenters. The van der Waals surface area contributed by atoms with Crippen molar-refractivity contribution in [2.45, 2.75) is 31.7 Å². The number of hydrogen-bond acceptors (Lipinski definition) is 3. The van der Waals surface area contributed by atoms with Crippen LogP contribution in [0.1, 0.15) is 36.0 Å². The second kappa shape index (κ2) is 6.10. The third-order valence-corrected chi connectivity index (χ3v) is 4.75. The molecule has 0 unspecified atom stereocenters. The van der Waals surface area contributed by atoms with Gasteiger partial charge in [0.1, 0.15) is 0 Å². The van der Waals surface area contributed by atoms with Crippen LogP contribution in [0.3, 0.4) is 0 Å². The Labute approximate surface area is 124 Å². The van der Waals surface area contributed by atoms with E-state index in [-0.39, 0.29) is 5.91 Å². The first-order chi connectivity index (χ1) is 9.75. The second-order valence-electron chi connectivity index (χ2n) is 5.62. The van der Waals surface area contributed by atoms with Crippen LogP contribution in [-0.2, 0) is 0 Å². The van der Waals surface area contributed by atoms with Gasteiger partial charge >= 0.3 is 0 Å². The molecule has 0 N–H and O–H groups in total. The largest absolute Gasteiger partial charge is 0.336 e. The predicted octanol–water partition coefficient (Wildman–Crippen LogP) is 2.44. The Morgan fingerprint density at radius 1 is 1.20 bits per heavy atom. The van der Waals surface area contributed by atoms with Gasteiger partial charge in [-0.2, -0.15) is 0 Å². The first kappa shape index (κ1) is 13.8. The molecule has 3 rings (SSSR count). The maximum absolute atomic E-state index is 12.4. The minimum atomic E-state index is 0.0310. The molecule has 1 aromatic rings. The maximum atomic E-state index is 12.4. The Hall–Kier alpha value is -1.13. The van der Waals surface area contributed by atoms with Crippen molar-refractivity contribution in [1.29, 1.82) is 0 Å². The van der Waals surface area contributed by atoms with Crippen molar-refractivity contribution in [3.05, 3.63) is 29.0 Å². The third kappa shape index (κ3) is 2.81. The third-order valence-electron chi connectivity index (χ3n) is 4.45. The minimum Gasteiger partial charge on any atom is -0.336 e. The van der Waals surface area contributed by atoms with Gasteiger partial charge in [-0.05, 0) is 18.9 Å². The second-order valence-corrected chi connectivity index (χ2v) is 6.03. The molecule has 20 heavy (non-hydrogen) atoms. The zero-order valence-electron chi connectivity index (χ0n) is 11.6. The molecule has 2 fully saturated rings. The molecule has 5 heteroatoms. The summed E-state index contributed by atoms with van der Waals surface area (Å²) >= 11 is 6.05. The summed E-state index contributed by atoms with van der Waals surface area (Å²) in [5, 5.41) is 0.440. The summed E-state index contributed by atoms with van der Waals surface area (Å²) in [5.74, 6) is 0.0310. The highest BCUT2D eigenvalue weighted by atomic mass is 35.5. The van der Waals surface area contributed by atoms with Crippen molar-refractivity contribution in [3.8, 4) is 0 Å². The van der Waals surface area contributed by atoms with Gasteiger partial charge in [0, 0.05) is 44.6 Å². The molecule has 2 heterocycles. The lowest BCUT2D eigenvalue weighted by molar-refractivity contribution is 0.0573. The normalized spacial score (nSPS) is 21.4. The summed E-state index contributed by atoms with van der Waals surface area (Å²) in [6, 6.07) is 2.45. The lowest BCUT2D eigenvalue weighted by atomic mass is 10.1. The highest BCUT2D eigenvalue weighted by Gasteiger charge is 2.28. The van der Waals surface area contributed by atoms with Crippen LogP contribution >= 0.6 is 11.6 Å². The SMILES string of the molecule is O=C(c1ccncc1Cl)N1CCN(C2CCCC2)CC1. The molecule has 2 aliphatic rings. The monoisotopic (exact) mass is 293 g/mol. The Morgan fingerprint density at radius 3 is 2.55 bits per heavy atom. The molecule has 1 aliphatic heterocycles. The van der Waals surface area contributed by atoms with E-state index in [1.54, 1.807) is 12.3 Å². The molecule has 1 saturated carbocycles. The molecule has 1 amide bonds. The van der Waals surface area contributed by atoms with Crippen LogP contribution in [0.2, 0.25) is 5.02 Å². The van der Waals surface area contributed by atoms with E-state index in [1.807, 2.05) is 4.90 Å². The first-order valence-electron chi connectivity index (χ1n) is 7.38. The number of amides is 1. The van der Waals surface area contributed by atoms with Crippen molar-refractivity contribution in [2.24, 2.45) is 0 Å². The Kier molecular flexibility index (Phi) is 4.22. The fourth-order valence-electron chi connectivity index (χ4n) is 3.28. The molecule has 0 aromatic carbocycles. The highest BCUT2D eigenvalue weighted by molar-refractivity contribution is 6.33. The minimum absolute atomic E-state index is 0.0310. The summed E-state index contributed by atoms with van der Waals surface area (Å²) in [5.41, 5.74) is 0.566. The van der Waals surface area contributed by atoms with Gasteiger partial charge in [0.2, 0.25) is 0 Å². The van der Waals surface area contributed by atoms with Gasteiger partial charge in [0.05, 0.1) is 10.6 Å². The molecule has 0 radical (unpaired) electrons. The van der Waals surface area contributed by atoms with Crippen LogP contribution in [0.15, 0.2) is 18.5 Å². The lowest BCUT2D eigenvalue weighted by Crippen LogP contribution is -2.51. The number of piperazine rings is 1. The number of halogens is 1. The van der Waals surface area contributed by atoms with Crippen LogP contribution in [-0.4, -0.2) is 52.9 Å². The number of nitrogens with zero attached hydrogens (tertiary/aromatic N) is 3. The van der Waals surface area contributed by atoms with Gasteiger partial charge in [0.15, 0.2) is 0 Å². The van der Waals surface area contributed by atoms with Gasteiger partial charge < -0.3 is 4.90 Å². The van der Waals surface area contributed by atoms with Crippen molar-refractivity contribution < 1.29 is 4.79 Å². The fourth-order valence-corrected chi connectivity index (χ4v) is 3.48. The summed E-state index contributed by atoms with van der Waals surface area (Å²) < 4.78 is 0. The molecule has 1 aliphatic carbocycles. The van der Waals surface area contributed by atoms with E-state index in [0.717, 1.165) is 32.2 Å². The summed E-state index contributed by atoms with van der Waals surface area (Å²) in [6.45, 7) is 3.57. The van der Waals surface area contributed by atoms with E-state index in [9.17, 15) is 4.79 Å². The quantitative estimate of drug-likeness (QED) is 0.840. The van der Waals surface area contributed by atoms with E-state index in [4.69, 9.17) is 11.6 Å². The number of carbonyl (C=O) groups excluding carboxylic acids is 1. The number of rotatable bonds is 2. The summed E-state index contributed by atoms with van der Waals surface area (Å²) in [6.07, 6.45) is 8.51. The highest BCUT2D eigenvalue weighted by Crippen LogP contribution is 2.25. The standard InChI is InChI=1S/C15H20ClN3O/c16-14-11-17-6-5-13(14)15(20)19-9-7-18(8-10-19)12-3-1-2-4-12/h5-6,11-12H,1-4,7-10H2. The van der Waals surface area contributed by atoms with Gasteiger partial charge in [0.25, 0.3) is 5.91 Å². The number of hydrogen-bond donors (Lipinski definition) is 0. The molecule has 108 valence electrons. The average molecular weight is 294 g/mol. The van der Waals surface area contributed by atoms with Crippen LogP contribution in [0.5, 0.6) is 0 Å². The van der Waals surface area contributed by atoms with Crippen molar-refractivity contribution >= 4 is 17.5 Å². The number of carbonyl (C=O) groups is 1. The van der Waals surface area contributed by atoms with Crippen LogP contribution in [0.25, 0.3) is 0 Å². The van der Waals surface area contributed by atoms with Crippen molar-refractivity contribution in [1.82, 2.24) is 14.8 Å². The fraction of sp³-hybridized carbons (Fsp3) is 0.600. The Balaban J connectivity index is 1.60. The zero-order valence-corrected chi connectivity index (χ0v) is 12.4. The Bertz CT molecular complexity index is 480. The molecule has 1 aromatic heterocycles. The molecular formula is C15H20ClN3O. The molecule has 1 saturated heterocycles. The van der Waals surface area contributed by atoms with Gasteiger partial charge in [-0.25, -0.2) is 0 Å². The first-order valence-corrected chi connectivity index (χ1v) is 7.76.